The van der Waals surface area contributed by atoms with Gasteiger partial charge in [-0.05, 0) is 49.6 Å². The first kappa shape index (κ1) is 17.0. The number of rotatable bonds is 2. The van der Waals surface area contributed by atoms with Crippen molar-refractivity contribution in [1.82, 2.24) is 14.9 Å². The molecule has 0 bridgehead atoms. The Kier molecular flexibility index (Phi) is 4.59. The lowest BCUT2D eigenvalue weighted by molar-refractivity contribution is 0.0766. The second kappa shape index (κ2) is 7.03. The number of fused-ring (bicyclic) bond motifs is 1. The van der Waals surface area contributed by atoms with Crippen molar-refractivity contribution < 1.29 is 4.79 Å². The second-order valence-electron chi connectivity index (χ2n) is 6.85. The van der Waals surface area contributed by atoms with Gasteiger partial charge in [0.1, 0.15) is 0 Å². The van der Waals surface area contributed by atoms with E-state index in [1.165, 1.54) is 10.3 Å². The van der Waals surface area contributed by atoms with E-state index in [1.807, 2.05) is 17.9 Å². The van der Waals surface area contributed by atoms with Crippen molar-refractivity contribution >= 4 is 32.6 Å². The Labute approximate surface area is 157 Å². The van der Waals surface area contributed by atoms with Crippen molar-refractivity contribution in [3.05, 3.63) is 53.3 Å². The molecule has 3 heterocycles. The van der Waals surface area contributed by atoms with Gasteiger partial charge in [-0.2, -0.15) is 0 Å². The summed E-state index contributed by atoms with van der Waals surface area (Å²) in [4.78, 5) is 26.0. The summed E-state index contributed by atoms with van der Waals surface area (Å²) in [6, 6.07) is 8.29. The molecule has 0 saturated carbocycles. The van der Waals surface area contributed by atoms with Gasteiger partial charge in [0.15, 0.2) is 5.13 Å². The number of hydrogen-bond acceptors (Lipinski definition) is 5. The highest BCUT2D eigenvalue weighted by Gasteiger charge is 2.22. The van der Waals surface area contributed by atoms with Gasteiger partial charge in [0, 0.05) is 38.6 Å². The maximum atomic E-state index is 12.8. The molecule has 1 fully saturated rings. The molecule has 0 aliphatic carbocycles. The number of pyridine rings is 1. The van der Waals surface area contributed by atoms with E-state index in [4.69, 9.17) is 4.98 Å². The van der Waals surface area contributed by atoms with Crippen LogP contribution in [0, 0.1) is 13.8 Å². The summed E-state index contributed by atoms with van der Waals surface area (Å²) in [5.41, 5.74) is 4.00. The van der Waals surface area contributed by atoms with Crippen molar-refractivity contribution in [3.63, 3.8) is 0 Å². The first-order valence-corrected chi connectivity index (χ1v) is 9.75. The van der Waals surface area contributed by atoms with Crippen LogP contribution in [0.25, 0.3) is 10.2 Å². The van der Waals surface area contributed by atoms with Gasteiger partial charge in [-0.3, -0.25) is 9.78 Å². The van der Waals surface area contributed by atoms with Crippen LogP contribution in [-0.2, 0) is 0 Å². The Morgan fingerprint density at radius 1 is 1.04 bits per heavy atom. The van der Waals surface area contributed by atoms with Crippen molar-refractivity contribution in [2.75, 3.05) is 31.1 Å². The molecule has 3 aromatic rings. The molecule has 1 aliphatic rings. The van der Waals surface area contributed by atoms with Gasteiger partial charge < -0.3 is 9.80 Å². The number of nitrogens with zero attached hydrogens (tertiary/aromatic N) is 4. The summed E-state index contributed by atoms with van der Waals surface area (Å²) in [7, 11) is 0. The van der Waals surface area contributed by atoms with E-state index in [9.17, 15) is 4.79 Å². The average Bonchev–Trinajstić information content (AvgIpc) is 2.89. The largest absolute Gasteiger partial charge is 0.346 e. The van der Waals surface area contributed by atoms with E-state index in [0.29, 0.717) is 12.1 Å². The predicted octanol–water partition coefficient (Wildman–Crippen LogP) is 3.66. The Morgan fingerprint density at radius 2 is 1.92 bits per heavy atom. The van der Waals surface area contributed by atoms with Gasteiger partial charge in [0.2, 0.25) is 0 Å². The maximum Gasteiger partial charge on any atom is 0.255 e. The van der Waals surface area contributed by atoms with E-state index >= 15 is 0 Å². The van der Waals surface area contributed by atoms with Gasteiger partial charge in [-0.15, -0.1) is 0 Å². The van der Waals surface area contributed by atoms with E-state index in [1.54, 1.807) is 23.7 Å². The number of benzene rings is 1. The lowest BCUT2D eigenvalue weighted by Crippen LogP contribution is -2.35. The third-order valence-corrected chi connectivity index (χ3v) is 5.79. The van der Waals surface area contributed by atoms with Gasteiger partial charge in [-0.1, -0.05) is 17.4 Å². The second-order valence-corrected chi connectivity index (χ2v) is 7.86. The fraction of sp³-hybridized carbons (Fsp3) is 0.350. The summed E-state index contributed by atoms with van der Waals surface area (Å²) in [6.07, 6.45) is 4.38. The molecule has 1 amide bonds. The summed E-state index contributed by atoms with van der Waals surface area (Å²) < 4.78 is 1.23. The van der Waals surface area contributed by atoms with Crippen molar-refractivity contribution in [2.45, 2.75) is 20.3 Å². The van der Waals surface area contributed by atoms with Gasteiger partial charge in [0.25, 0.3) is 5.91 Å². The third kappa shape index (κ3) is 3.42. The van der Waals surface area contributed by atoms with Gasteiger partial charge >= 0.3 is 0 Å². The van der Waals surface area contributed by atoms with Gasteiger partial charge in [0.05, 0.1) is 15.8 Å². The number of aryl methyl sites for hydroxylation is 2. The molecule has 1 saturated heterocycles. The zero-order valence-electron chi connectivity index (χ0n) is 15.1. The van der Waals surface area contributed by atoms with Crippen LogP contribution in [0.3, 0.4) is 0 Å². The molecule has 0 radical (unpaired) electrons. The van der Waals surface area contributed by atoms with Crippen LogP contribution in [0.4, 0.5) is 5.13 Å². The topological polar surface area (TPSA) is 49.3 Å². The van der Waals surface area contributed by atoms with Crippen molar-refractivity contribution in [3.8, 4) is 0 Å². The molecule has 6 heteroatoms. The lowest BCUT2D eigenvalue weighted by atomic mass is 10.2. The highest BCUT2D eigenvalue weighted by molar-refractivity contribution is 7.22. The SMILES string of the molecule is Cc1cncc(C(=O)N2CCCN(c3nc4ccc(C)cc4s3)CC2)c1. The number of thiazole rings is 1. The number of hydrogen-bond donors (Lipinski definition) is 0. The molecule has 1 aliphatic heterocycles. The quantitative estimate of drug-likeness (QED) is 0.694. The predicted molar refractivity (Wildman–Crippen MR) is 106 cm³/mol. The third-order valence-electron chi connectivity index (χ3n) is 4.71. The number of carbonyl (C=O) groups excluding carboxylic acids is 1. The maximum absolute atomic E-state index is 12.8. The zero-order valence-corrected chi connectivity index (χ0v) is 15.9. The normalized spacial score (nSPS) is 15.3. The summed E-state index contributed by atoms with van der Waals surface area (Å²) in [5.74, 6) is 0.0722. The average molecular weight is 366 g/mol. The van der Waals surface area contributed by atoms with E-state index in [2.05, 4.69) is 35.0 Å². The molecule has 0 unspecified atom stereocenters. The Morgan fingerprint density at radius 3 is 2.77 bits per heavy atom. The van der Waals surface area contributed by atoms with Crippen molar-refractivity contribution in [1.29, 1.82) is 0 Å². The molecule has 4 rings (SSSR count). The smallest absolute Gasteiger partial charge is 0.255 e. The first-order valence-electron chi connectivity index (χ1n) is 8.93. The molecule has 1 aromatic carbocycles. The fourth-order valence-electron chi connectivity index (χ4n) is 3.32. The zero-order chi connectivity index (χ0) is 18.1. The molecule has 0 spiro atoms. The van der Waals surface area contributed by atoms with Crippen LogP contribution >= 0.6 is 11.3 Å². The minimum absolute atomic E-state index is 0.0722. The summed E-state index contributed by atoms with van der Waals surface area (Å²) in [5, 5.41) is 1.05. The molecule has 2 aromatic heterocycles. The summed E-state index contributed by atoms with van der Waals surface area (Å²) >= 11 is 1.74. The molecule has 5 nitrogen and oxygen atoms in total. The fourth-order valence-corrected chi connectivity index (χ4v) is 4.44. The minimum atomic E-state index is 0.0722. The lowest BCUT2D eigenvalue weighted by Gasteiger charge is -2.21. The van der Waals surface area contributed by atoms with Crippen LogP contribution in [0.15, 0.2) is 36.7 Å². The number of aromatic nitrogens is 2. The Balaban J connectivity index is 1.49. The van der Waals surface area contributed by atoms with Crippen LogP contribution < -0.4 is 4.90 Å². The minimum Gasteiger partial charge on any atom is -0.346 e. The van der Waals surface area contributed by atoms with Crippen LogP contribution in [0.1, 0.15) is 27.9 Å². The molecular formula is C20H22N4OS. The highest BCUT2D eigenvalue weighted by Crippen LogP contribution is 2.30. The Hall–Kier alpha value is -2.47. The van der Waals surface area contributed by atoms with E-state index < -0.39 is 0 Å². The number of amides is 1. The van der Waals surface area contributed by atoms with Crippen LogP contribution in [0.5, 0.6) is 0 Å². The van der Waals surface area contributed by atoms with E-state index in [-0.39, 0.29) is 5.91 Å². The molecule has 0 N–H and O–H groups in total. The van der Waals surface area contributed by atoms with Crippen LogP contribution in [-0.4, -0.2) is 47.0 Å². The highest BCUT2D eigenvalue weighted by atomic mass is 32.1. The summed E-state index contributed by atoms with van der Waals surface area (Å²) in [6.45, 7) is 7.28. The number of anilines is 1. The first-order chi connectivity index (χ1) is 12.6. The number of carbonyl (C=O) groups is 1. The standard InChI is InChI=1S/C20H22N4OS/c1-14-4-5-17-18(11-14)26-20(22-17)24-7-3-6-23(8-9-24)19(25)16-10-15(2)12-21-13-16/h4-5,10-13H,3,6-9H2,1-2H3. The molecule has 0 atom stereocenters. The van der Waals surface area contributed by atoms with Crippen molar-refractivity contribution in [2.24, 2.45) is 0 Å². The van der Waals surface area contributed by atoms with Gasteiger partial charge in [-0.25, -0.2) is 4.98 Å². The molecule has 134 valence electrons. The van der Waals surface area contributed by atoms with Crippen LogP contribution in [0.2, 0.25) is 0 Å². The molecule has 26 heavy (non-hydrogen) atoms. The Bertz CT molecular complexity index is 952. The monoisotopic (exact) mass is 366 g/mol. The molecular weight excluding hydrogens is 344 g/mol. The van der Waals surface area contributed by atoms with E-state index in [0.717, 1.165) is 42.3 Å².